The smallest absolute Gasteiger partial charge is 0.314 e. The molecule has 0 unspecified atom stereocenters. The van der Waals surface area contributed by atoms with Crippen LogP contribution in [-0.4, -0.2) is 35.8 Å². The molecule has 1 aromatic heterocycles. The van der Waals surface area contributed by atoms with Crippen LogP contribution in [0.2, 0.25) is 0 Å². The Morgan fingerprint density at radius 1 is 1.25 bits per heavy atom. The molecule has 0 bridgehead atoms. The number of benzene rings is 1. The lowest BCUT2D eigenvalue weighted by Gasteiger charge is -2.07. The van der Waals surface area contributed by atoms with Crippen molar-refractivity contribution < 1.29 is 9.90 Å². The number of hydrogen-bond acceptors (Lipinski definition) is 2. The molecule has 0 aliphatic rings. The summed E-state index contributed by atoms with van der Waals surface area (Å²) in [6, 6.07) is 8.00. The van der Waals surface area contributed by atoms with Crippen molar-refractivity contribution in [2.24, 2.45) is 0 Å². The Bertz CT molecular complexity index is 578. The van der Waals surface area contributed by atoms with Gasteiger partial charge in [-0.3, -0.25) is 0 Å². The van der Waals surface area contributed by atoms with E-state index in [0.717, 1.165) is 17.6 Å². The second kappa shape index (κ2) is 6.96. The van der Waals surface area contributed by atoms with Crippen LogP contribution >= 0.6 is 0 Å². The maximum Gasteiger partial charge on any atom is 0.314 e. The number of fused-ring (bicyclic) bond motifs is 1. The molecule has 0 aliphatic carbocycles. The molecule has 2 rings (SSSR count). The van der Waals surface area contributed by atoms with Gasteiger partial charge >= 0.3 is 6.03 Å². The number of hydrogen-bond donors (Lipinski definition) is 4. The van der Waals surface area contributed by atoms with Gasteiger partial charge in [-0.05, 0) is 31.4 Å². The molecule has 0 radical (unpaired) electrons. The van der Waals surface area contributed by atoms with Gasteiger partial charge in [0, 0.05) is 36.3 Å². The SMILES string of the molecule is Cc1[nH]c2ccccc2c1CCNC(=O)NCCCO. The van der Waals surface area contributed by atoms with Gasteiger partial charge in [-0.25, -0.2) is 4.79 Å². The lowest BCUT2D eigenvalue weighted by molar-refractivity contribution is 0.238. The molecular weight excluding hydrogens is 254 g/mol. The second-order valence-corrected chi connectivity index (χ2v) is 4.78. The van der Waals surface area contributed by atoms with Crippen molar-refractivity contribution in [1.82, 2.24) is 15.6 Å². The molecule has 0 saturated heterocycles. The van der Waals surface area contributed by atoms with Gasteiger partial charge in [-0.1, -0.05) is 18.2 Å². The third-order valence-corrected chi connectivity index (χ3v) is 3.31. The Hall–Kier alpha value is -2.01. The van der Waals surface area contributed by atoms with Crippen molar-refractivity contribution in [3.8, 4) is 0 Å². The van der Waals surface area contributed by atoms with Crippen LogP contribution in [-0.2, 0) is 6.42 Å². The maximum atomic E-state index is 11.5. The van der Waals surface area contributed by atoms with Gasteiger partial charge in [-0.2, -0.15) is 0 Å². The Morgan fingerprint density at radius 2 is 2.00 bits per heavy atom. The Morgan fingerprint density at radius 3 is 2.80 bits per heavy atom. The van der Waals surface area contributed by atoms with E-state index >= 15 is 0 Å². The summed E-state index contributed by atoms with van der Waals surface area (Å²) in [5.74, 6) is 0. The summed E-state index contributed by atoms with van der Waals surface area (Å²) in [6.45, 7) is 3.23. The van der Waals surface area contributed by atoms with Crippen LogP contribution in [0.4, 0.5) is 4.79 Å². The Kier molecular flexibility index (Phi) is 5.01. The lowest BCUT2D eigenvalue weighted by atomic mass is 10.1. The number of para-hydroxylation sites is 1. The fourth-order valence-electron chi connectivity index (χ4n) is 2.30. The highest BCUT2D eigenvalue weighted by atomic mass is 16.3. The number of amides is 2. The number of H-pyrrole nitrogens is 1. The van der Waals surface area contributed by atoms with E-state index in [0.29, 0.717) is 19.5 Å². The van der Waals surface area contributed by atoms with Crippen LogP contribution in [0.3, 0.4) is 0 Å². The number of aromatic nitrogens is 1. The van der Waals surface area contributed by atoms with E-state index in [9.17, 15) is 4.79 Å². The first-order valence-corrected chi connectivity index (χ1v) is 6.91. The quantitative estimate of drug-likeness (QED) is 0.606. The molecule has 108 valence electrons. The van der Waals surface area contributed by atoms with Crippen LogP contribution in [0.15, 0.2) is 24.3 Å². The number of urea groups is 1. The number of rotatable bonds is 6. The van der Waals surface area contributed by atoms with E-state index in [1.165, 1.54) is 10.9 Å². The van der Waals surface area contributed by atoms with Gasteiger partial charge in [0.15, 0.2) is 0 Å². The zero-order valence-electron chi connectivity index (χ0n) is 11.7. The number of carbonyl (C=O) groups is 1. The number of aryl methyl sites for hydroxylation is 1. The summed E-state index contributed by atoms with van der Waals surface area (Å²) in [5.41, 5.74) is 3.53. The molecule has 5 heteroatoms. The summed E-state index contributed by atoms with van der Waals surface area (Å²) in [5, 5.41) is 15.4. The van der Waals surface area contributed by atoms with E-state index in [1.54, 1.807) is 0 Å². The van der Waals surface area contributed by atoms with Crippen LogP contribution in [0, 0.1) is 6.92 Å². The van der Waals surface area contributed by atoms with Gasteiger partial charge in [0.05, 0.1) is 0 Å². The molecule has 0 saturated carbocycles. The highest BCUT2D eigenvalue weighted by molar-refractivity contribution is 5.84. The summed E-state index contributed by atoms with van der Waals surface area (Å²) < 4.78 is 0. The monoisotopic (exact) mass is 275 g/mol. The minimum absolute atomic E-state index is 0.0921. The van der Waals surface area contributed by atoms with Crippen molar-refractivity contribution in [2.75, 3.05) is 19.7 Å². The first kappa shape index (κ1) is 14.4. The minimum atomic E-state index is -0.184. The molecule has 2 aromatic rings. The molecule has 2 amide bonds. The summed E-state index contributed by atoms with van der Waals surface area (Å²) in [7, 11) is 0. The summed E-state index contributed by atoms with van der Waals surface area (Å²) in [6.07, 6.45) is 1.37. The average molecular weight is 275 g/mol. The van der Waals surface area contributed by atoms with Crippen LogP contribution in [0.1, 0.15) is 17.7 Å². The number of aromatic amines is 1. The molecule has 0 fully saturated rings. The predicted octanol–water partition coefficient (Wildman–Crippen LogP) is 1.70. The van der Waals surface area contributed by atoms with Gasteiger partial charge < -0.3 is 20.7 Å². The molecule has 0 aliphatic heterocycles. The Labute approximate surface area is 118 Å². The number of aliphatic hydroxyl groups excluding tert-OH is 1. The van der Waals surface area contributed by atoms with Crippen molar-refractivity contribution in [3.05, 3.63) is 35.5 Å². The van der Waals surface area contributed by atoms with E-state index in [2.05, 4.69) is 34.7 Å². The molecule has 1 heterocycles. The fraction of sp³-hybridized carbons (Fsp3) is 0.400. The number of nitrogens with one attached hydrogen (secondary N) is 3. The molecule has 0 spiro atoms. The molecule has 5 nitrogen and oxygen atoms in total. The van der Waals surface area contributed by atoms with E-state index in [1.807, 2.05) is 12.1 Å². The minimum Gasteiger partial charge on any atom is -0.396 e. The second-order valence-electron chi connectivity index (χ2n) is 4.78. The highest BCUT2D eigenvalue weighted by Crippen LogP contribution is 2.21. The van der Waals surface area contributed by atoms with Crippen molar-refractivity contribution in [1.29, 1.82) is 0 Å². The molecule has 4 N–H and O–H groups in total. The first-order valence-electron chi connectivity index (χ1n) is 6.91. The van der Waals surface area contributed by atoms with Crippen molar-refractivity contribution >= 4 is 16.9 Å². The lowest BCUT2D eigenvalue weighted by Crippen LogP contribution is -2.37. The van der Waals surface area contributed by atoms with Gasteiger partial charge in [-0.15, -0.1) is 0 Å². The number of aliphatic hydroxyl groups is 1. The van der Waals surface area contributed by atoms with Crippen LogP contribution in [0.5, 0.6) is 0 Å². The fourth-order valence-corrected chi connectivity index (χ4v) is 2.30. The van der Waals surface area contributed by atoms with E-state index < -0.39 is 0 Å². The number of carbonyl (C=O) groups excluding carboxylic acids is 1. The summed E-state index contributed by atoms with van der Waals surface area (Å²) in [4.78, 5) is 14.8. The predicted molar refractivity (Wildman–Crippen MR) is 79.8 cm³/mol. The standard InChI is InChI=1S/C15H21N3O2/c1-11-12(13-5-2-3-6-14(13)18-11)7-9-17-15(20)16-8-4-10-19/h2-3,5-6,18-19H,4,7-10H2,1H3,(H2,16,17,20). The molecule has 0 atom stereocenters. The van der Waals surface area contributed by atoms with Crippen LogP contribution < -0.4 is 10.6 Å². The normalized spacial score (nSPS) is 10.7. The van der Waals surface area contributed by atoms with Gasteiger partial charge in [0.25, 0.3) is 0 Å². The van der Waals surface area contributed by atoms with Crippen molar-refractivity contribution in [2.45, 2.75) is 19.8 Å². The van der Waals surface area contributed by atoms with E-state index in [4.69, 9.17) is 5.11 Å². The average Bonchev–Trinajstić information content (AvgIpc) is 2.75. The van der Waals surface area contributed by atoms with Crippen molar-refractivity contribution in [3.63, 3.8) is 0 Å². The van der Waals surface area contributed by atoms with Gasteiger partial charge in [0.2, 0.25) is 0 Å². The summed E-state index contributed by atoms with van der Waals surface area (Å²) >= 11 is 0. The van der Waals surface area contributed by atoms with E-state index in [-0.39, 0.29) is 12.6 Å². The van der Waals surface area contributed by atoms with Crippen LogP contribution in [0.25, 0.3) is 10.9 Å². The highest BCUT2D eigenvalue weighted by Gasteiger charge is 2.08. The molecule has 20 heavy (non-hydrogen) atoms. The largest absolute Gasteiger partial charge is 0.396 e. The maximum absolute atomic E-state index is 11.5. The third kappa shape index (κ3) is 3.51. The molecule has 1 aromatic carbocycles. The zero-order valence-corrected chi connectivity index (χ0v) is 11.7. The third-order valence-electron chi connectivity index (χ3n) is 3.31. The zero-order chi connectivity index (χ0) is 14.4. The van der Waals surface area contributed by atoms with Gasteiger partial charge in [0.1, 0.15) is 0 Å². The Balaban J connectivity index is 1.87. The topological polar surface area (TPSA) is 77.2 Å². The molecular formula is C15H21N3O2. The first-order chi connectivity index (χ1) is 9.72.